The Balaban J connectivity index is 4.29. The van der Waals surface area contributed by atoms with Gasteiger partial charge in [0.05, 0.1) is 6.54 Å². The molecule has 2 amide bonds. The maximum Gasteiger partial charge on any atom is 0.237 e. The summed E-state index contributed by atoms with van der Waals surface area (Å²) in [6.07, 6.45) is 3.27. The van der Waals surface area contributed by atoms with Crippen molar-refractivity contribution in [3.05, 3.63) is 0 Å². The predicted octanol–water partition coefficient (Wildman–Crippen LogP) is 0.864. The van der Waals surface area contributed by atoms with E-state index in [4.69, 9.17) is 11.5 Å². The highest BCUT2D eigenvalue weighted by atomic mass is 16.2. The SMILES string of the molecule is CCC(CCN)CCC(=O)N(CC(N)=O)C(C)C. The Labute approximate surface area is 110 Å². The number of carbonyl (C=O) groups is 2. The molecule has 5 nitrogen and oxygen atoms in total. The summed E-state index contributed by atoms with van der Waals surface area (Å²) in [5.41, 5.74) is 10.7. The van der Waals surface area contributed by atoms with E-state index in [2.05, 4.69) is 6.92 Å². The van der Waals surface area contributed by atoms with Crippen LogP contribution in [0.4, 0.5) is 0 Å². The average Bonchev–Trinajstić information content (AvgIpc) is 2.30. The first-order valence-electron chi connectivity index (χ1n) is 6.70. The van der Waals surface area contributed by atoms with Gasteiger partial charge in [0.15, 0.2) is 0 Å². The largest absolute Gasteiger partial charge is 0.368 e. The summed E-state index contributed by atoms with van der Waals surface area (Å²) in [6.45, 7) is 6.54. The first kappa shape index (κ1) is 16.9. The molecule has 106 valence electrons. The lowest BCUT2D eigenvalue weighted by Gasteiger charge is -2.26. The number of carbonyl (C=O) groups excluding carboxylic acids is 2. The maximum absolute atomic E-state index is 12.0. The van der Waals surface area contributed by atoms with E-state index < -0.39 is 5.91 Å². The highest BCUT2D eigenvalue weighted by molar-refractivity contribution is 5.84. The van der Waals surface area contributed by atoms with Crippen LogP contribution in [0, 0.1) is 5.92 Å². The summed E-state index contributed by atoms with van der Waals surface area (Å²) in [4.78, 5) is 24.5. The van der Waals surface area contributed by atoms with Crippen LogP contribution in [0.25, 0.3) is 0 Å². The lowest BCUT2D eigenvalue weighted by Crippen LogP contribution is -2.42. The smallest absolute Gasteiger partial charge is 0.237 e. The summed E-state index contributed by atoms with van der Waals surface area (Å²) in [5, 5.41) is 0. The van der Waals surface area contributed by atoms with Crippen LogP contribution in [0.3, 0.4) is 0 Å². The van der Waals surface area contributed by atoms with Crippen LogP contribution >= 0.6 is 0 Å². The molecular weight excluding hydrogens is 230 g/mol. The number of amides is 2. The molecular formula is C13H27N3O2. The van der Waals surface area contributed by atoms with Crippen molar-refractivity contribution in [1.82, 2.24) is 4.90 Å². The summed E-state index contributed by atoms with van der Waals surface area (Å²) in [7, 11) is 0. The van der Waals surface area contributed by atoms with Crippen molar-refractivity contribution in [3.8, 4) is 0 Å². The van der Waals surface area contributed by atoms with Gasteiger partial charge in [-0.1, -0.05) is 13.3 Å². The average molecular weight is 257 g/mol. The highest BCUT2D eigenvalue weighted by Crippen LogP contribution is 2.16. The Bertz CT molecular complexity index is 267. The number of nitrogens with zero attached hydrogens (tertiary/aromatic N) is 1. The number of rotatable bonds is 9. The molecule has 0 spiro atoms. The topological polar surface area (TPSA) is 89.4 Å². The zero-order valence-electron chi connectivity index (χ0n) is 11.8. The molecule has 0 aromatic heterocycles. The fraction of sp³-hybridized carbons (Fsp3) is 0.846. The predicted molar refractivity (Wildman–Crippen MR) is 72.7 cm³/mol. The van der Waals surface area contributed by atoms with Gasteiger partial charge in [-0.25, -0.2) is 0 Å². The van der Waals surface area contributed by atoms with Crippen molar-refractivity contribution >= 4 is 11.8 Å². The Kier molecular flexibility index (Phi) is 8.37. The Morgan fingerprint density at radius 1 is 1.22 bits per heavy atom. The molecule has 1 atom stereocenters. The molecule has 0 saturated carbocycles. The lowest BCUT2D eigenvalue weighted by atomic mass is 9.96. The Hall–Kier alpha value is -1.10. The van der Waals surface area contributed by atoms with Gasteiger partial charge in [0.25, 0.3) is 0 Å². The number of primary amides is 1. The van der Waals surface area contributed by atoms with Crippen LogP contribution in [0.2, 0.25) is 0 Å². The molecule has 0 aliphatic rings. The molecule has 0 aliphatic carbocycles. The third kappa shape index (κ3) is 6.59. The van der Waals surface area contributed by atoms with E-state index in [1.165, 1.54) is 4.90 Å². The quantitative estimate of drug-likeness (QED) is 0.642. The second kappa shape index (κ2) is 8.91. The van der Waals surface area contributed by atoms with Crippen LogP contribution < -0.4 is 11.5 Å². The van der Waals surface area contributed by atoms with Gasteiger partial charge in [0.2, 0.25) is 11.8 Å². The molecule has 0 bridgehead atoms. The third-order valence-electron chi connectivity index (χ3n) is 3.19. The van der Waals surface area contributed by atoms with Gasteiger partial charge in [-0.15, -0.1) is 0 Å². The van der Waals surface area contributed by atoms with Crippen LogP contribution in [0.5, 0.6) is 0 Å². The zero-order valence-corrected chi connectivity index (χ0v) is 11.8. The summed E-state index contributed by atoms with van der Waals surface area (Å²) in [6, 6.07) is -0.000384. The molecule has 0 aromatic rings. The minimum Gasteiger partial charge on any atom is -0.368 e. The van der Waals surface area contributed by atoms with Gasteiger partial charge < -0.3 is 16.4 Å². The van der Waals surface area contributed by atoms with Gasteiger partial charge in [-0.3, -0.25) is 9.59 Å². The van der Waals surface area contributed by atoms with Crippen molar-refractivity contribution < 1.29 is 9.59 Å². The van der Waals surface area contributed by atoms with E-state index in [1.807, 2.05) is 13.8 Å². The van der Waals surface area contributed by atoms with Crippen molar-refractivity contribution in [3.63, 3.8) is 0 Å². The van der Waals surface area contributed by atoms with Gasteiger partial charge in [-0.05, 0) is 39.2 Å². The third-order valence-corrected chi connectivity index (χ3v) is 3.19. The van der Waals surface area contributed by atoms with Crippen LogP contribution in [-0.4, -0.2) is 35.8 Å². The van der Waals surface area contributed by atoms with Gasteiger partial charge >= 0.3 is 0 Å². The monoisotopic (exact) mass is 257 g/mol. The Morgan fingerprint density at radius 2 is 1.83 bits per heavy atom. The van der Waals surface area contributed by atoms with E-state index in [0.29, 0.717) is 18.9 Å². The zero-order chi connectivity index (χ0) is 14.1. The minimum absolute atomic E-state index is 0.000384. The highest BCUT2D eigenvalue weighted by Gasteiger charge is 2.19. The fourth-order valence-electron chi connectivity index (χ4n) is 1.99. The van der Waals surface area contributed by atoms with Crippen molar-refractivity contribution in [1.29, 1.82) is 0 Å². The minimum atomic E-state index is -0.467. The number of hydrogen-bond acceptors (Lipinski definition) is 3. The van der Waals surface area contributed by atoms with Crippen LogP contribution in [0.15, 0.2) is 0 Å². The molecule has 0 aromatic carbocycles. The molecule has 0 aliphatic heterocycles. The molecule has 4 N–H and O–H groups in total. The van der Waals surface area contributed by atoms with Gasteiger partial charge in [0.1, 0.15) is 0 Å². The Morgan fingerprint density at radius 3 is 2.22 bits per heavy atom. The second-order valence-corrected chi connectivity index (χ2v) is 4.97. The maximum atomic E-state index is 12.0. The fourth-order valence-corrected chi connectivity index (χ4v) is 1.99. The van der Waals surface area contributed by atoms with E-state index >= 15 is 0 Å². The summed E-state index contributed by atoms with van der Waals surface area (Å²) >= 11 is 0. The summed E-state index contributed by atoms with van der Waals surface area (Å²) < 4.78 is 0. The molecule has 0 heterocycles. The first-order valence-corrected chi connectivity index (χ1v) is 6.70. The molecule has 5 heteroatoms. The molecule has 0 fully saturated rings. The first-order chi connectivity index (χ1) is 8.42. The molecule has 0 saturated heterocycles. The molecule has 0 rings (SSSR count). The number of nitrogens with two attached hydrogens (primary N) is 2. The standard InChI is InChI=1S/C13H27N3O2/c1-4-11(7-8-14)5-6-13(18)16(10(2)3)9-12(15)17/h10-11H,4-9,14H2,1-3H3,(H2,15,17). The summed E-state index contributed by atoms with van der Waals surface area (Å²) in [5.74, 6) is 0.0202. The van der Waals surface area contributed by atoms with Crippen molar-refractivity contribution in [2.45, 2.75) is 52.5 Å². The van der Waals surface area contributed by atoms with Crippen LogP contribution in [0.1, 0.15) is 46.5 Å². The van der Waals surface area contributed by atoms with Gasteiger partial charge in [0, 0.05) is 12.5 Å². The van der Waals surface area contributed by atoms with E-state index in [9.17, 15) is 9.59 Å². The molecule has 1 unspecified atom stereocenters. The van der Waals surface area contributed by atoms with Crippen LogP contribution in [-0.2, 0) is 9.59 Å². The normalized spacial score (nSPS) is 12.5. The molecule has 0 radical (unpaired) electrons. The van der Waals surface area contributed by atoms with Crippen molar-refractivity contribution in [2.75, 3.05) is 13.1 Å². The van der Waals surface area contributed by atoms with Gasteiger partial charge in [-0.2, -0.15) is 0 Å². The van der Waals surface area contributed by atoms with E-state index in [0.717, 1.165) is 19.3 Å². The lowest BCUT2D eigenvalue weighted by molar-refractivity contribution is -0.137. The number of hydrogen-bond donors (Lipinski definition) is 2. The van der Waals surface area contributed by atoms with E-state index in [1.54, 1.807) is 0 Å². The second-order valence-electron chi connectivity index (χ2n) is 4.97. The molecule has 18 heavy (non-hydrogen) atoms. The van der Waals surface area contributed by atoms with E-state index in [-0.39, 0.29) is 18.5 Å². The van der Waals surface area contributed by atoms with Crippen molar-refractivity contribution in [2.24, 2.45) is 17.4 Å².